The summed E-state index contributed by atoms with van der Waals surface area (Å²) >= 11 is 0. The lowest BCUT2D eigenvalue weighted by Crippen LogP contribution is -2.46. The number of rotatable bonds is 8. The Morgan fingerprint density at radius 2 is 1.95 bits per heavy atom. The van der Waals surface area contributed by atoms with Crippen LogP contribution in [0.3, 0.4) is 0 Å². The number of carboxylic acid groups (broad SMARTS) is 1. The van der Waals surface area contributed by atoms with Crippen molar-refractivity contribution in [3.63, 3.8) is 0 Å². The number of carbonyl (C=O) groups excluding carboxylic acids is 1. The number of hydrogen-bond acceptors (Lipinski definition) is 3. The molecule has 110 valence electrons. The minimum atomic E-state index is -1.01. The molecule has 0 saturated heterocycles. The van der Waals surface area contributed by atoms with E-state index >= 15 is 0 Å². The molecule has 0 heterocycles. The average Bonchev–Trinajstić information content (AvgIpc) is 2.44. The molecule has 0 saturated carbocycles. The number of aryl methyl sites for hydroxylation is 1. The molecule has 1 unspecified atom stereocenters. The standard InChI is InChI=1S/C15H22N2O3/c1-2-10-17(11-14(18)19)15(20)13(16)9-8-12-6-4-3-5-7-12/h3-7,13H,2,8-11,16H2,1H3,(H,18,19). The maximum Gasteiger partial charge on any atom is 0.323 e. The van der Waals surface area contributed by atoms with Gasteiger partial charge in [0.1, 0.15) is 6.54 Å². The van der Waals surface area contributed by atoms with Crippen molar-refractivity contribution in [2.24, 2.45) is 5.73 Å². The second kappa shape index (κ2) is 8.32. The molecule has 0 radical (unpaired) electrons. The number of carboxylic acids is 1. The van der Waals surface area contributed by atoms with E-state index in [1.807, 2.05) is 37.3 Å². The van der Waals surface area contributed by atoms with Crippen molar-refractivity contribution < 1.29 is 14.7 Å². The maximum atomic E-state index is 12.1. The molecule has 3 N–H and O–H groups in total. The SMILES string of the molecule is CCCN(CC(=O)O)C(=O)C(N)CCc1ccccc1. The first kappa shape index (κ1) is 16.2. The van der Waals surface area contributed by atoms with Gasteiger partial charge in [-0.2, -0.15) is 0 Å². The van der Waals surface area contributed by atoms with Gasteiger partial charge in [0, 0.05) is 6.54 Å². The van der Waals surface area contributed by atoms with E-state index in [9.17, 15) is 9.59 Å². The summed E-state index contributed by atoms with van der Waals surface area (Å²) in [5, 5.41) is 8.81. The van der Waals surface area contributed by atoms with Crippen LogP contribution < -0.4 is 5.73 Å². The summed E-state index contributed by atoms with van der Waals surface area (Å²) in [7, 11) is 0. The number of nitrogens with zero attached hydrogens (tertiary/aromatic N) is 1. The number of carbonyl (C=O) groups is 2. The van der Waals surface area contributed by atoms with Gasteiger partial charge in [-0.15, -0.1) is 0 Å². The quantitative estimate of drug-likeness (QED) is 0.750. The summed E-state index contributed by atoms with van der Waals surface area (Å²) in [5.74, 6) is -1.30. The molecule has 0 aliphatic carbocycles. The zero-order chi connectivity index (χ0) is 15.0. The second-order valence-corrected chi connectivity index (χ2v) is 4.78. The third-order valence-electron chi connectivity index (χ3n) is 3.04. The van der Waals surface area contributed by atoms with Crippen LogP contribution in [0.5, 0.6) is 0 Å². The third-order valence-corrected chi connectivity index (χ3v) is 3.04. The molecule has 5 heteroatoms. The van der Waals surface area contributed by atoms with Gasteiger partial charge in [0.25, 0.3) is 0 Å². The van der Waals surface area contributed by atoms with Crippen LogP contribution in [0, 0.1) is 0 Å². The van der Waals surface area contributed by atoms with E-state index in [2.05, 4.69) is 0 Å². The van der Waals surface area contributed by atoms with Crippen molar-refractivity contribution in [3.8, 4) is 0 Å². The van der Waals surface area contributed by atoms with Crippen LogP contribution >= 0.6 is 0 Å². The van der Waals surface area contributed by atoms with E-state index in [1.54, 1.807) is 0 Å². The van der Waals surface area contributed by atoms with Gasteiger partial charge < -0.3 is 15.7 Å². The minimum Gasteiger partial charge on any atom is -0.480 e. The monoisotopic (exact) mass is 278 g/mol. The molecular weight excluding hydrogens is 256 g/mol. The summed E-state index contributed by atoms with van der Waals surface area (Å²) < 4.78 is 0. The molecule has 0 aliphatic heterocycles. The van der Waals surface area contributed by atoms with Crippen molar-refractivity contribution in [1.82, 2.24) is 4.90 Å². The van der Waals surface area contributed by atoms with Crippen LogP contribution in [0.25, 0.3) is 0 Å². The van der Waals surface area contributed by atoms with E-state index < -0.39 is 12.0 Å². The average molecular weight is 278 g/mol. The lowest BCUT2D eigenvalue weighted by molar-refractivity contribution is -0.145. The minimum absolute atomic E-state index is 0.286. The van der Waals surface area contributed by atoms with E-state index in [0.717, 1.165) is 5.56 Å². The van der Waals surface area contributed by atoms with E-state index in [4.69, 9.17) is 10.8 Å². The number of hydrogen-bond donors (Lipinski definition) is 2. The largest absolute Gasteiger partial charge is 0.480 e. The summed E-state index contributed by atoms with van der Waals surface area (Å²) in [6.45, 7) is 2.04. The molecule has 0 aliphatic rings. The van der Waals surface area contributed by atoms with Crippen LogP contribution in [-0.4, -0.2) is 41.0 Å². The van der Waals surface area contributed by atoms with Crippen LogP contribution in [0.2, 0.25) is 0 Å². The maximum absolute atomic E-state index is 12.1. The van der Waals surface area contributed by atoms with Gasteiger partial charge in [-0.25, -0.2) is 0 Å². The molecule has 1 atom stereocenters. The molecule has 1 aromatic carbocycles. The fourth-order valence-corrected chi connectivity index (χ4v) is 2.03. The molecule has 20 heavy (non-hydrogen) atoms. The lowest BCUT2D eigenvalue weighted by Gasteiger charge is -2.23. The van der Waals surface area contributed by atoms with Crippen LogP contribution in [0.15, 0.2) is 30.3 Å². The van der Waals surface area contributed by atoms with Crippen molar-refractivity contribution in [3.05, 3.63) is 35.9 Å². The van der Waals surface area contributed by atoms with E-state index in [-0.39, 0.29) is 12.5 Å². The first-order chi connectivity index (χ1) is 9.54. The molecule has 5 nitrogen and oxygen atoms in total. The lowest BCUT2D eigenvalue weighted by atomic mass is 10.0. The number of benzene rings is 1. The Bertz CT molecular complexity index is 434. The van der Waals surface area contributed by atoms with Crippen molar-refractivity contribution >= 4 is 11.9 Å². The predicted molar refractivity (Wildman–Crippen MR) is 77.2 cm³/mol. The van der Waals surface area contributed by atoms with E-state index in [1.165, 1.54) is 4.90 Å². The fourth-order valence-electron chi connectivity index (χ4n) is 2.03. The highest BCUT2D eigenvalue weighted by Gasteiger charge is 2.22. The summed E-state index contributed by atoms with van der Waals surface area (Å²) in [6, 6.07) is 9.13. The zero-order valence-corrected chi connectivity index (χ0v) is 11.8. The van der Waals surface area contributed by atoms with Crippen LogP contribution in [-0.2, 0) is 16.0 Å². The van der Waals surface area contributed by atoms with Crippen LogP contribution in [0.4, 0.5) is 0 Å². The van der Waals surface area contributed by atoms with Gasteiger partial charge in [0.15, 0.2) is 0 Å². The Kier molecular flexibility index (Phi) is 6.73. The topological polar surface area (TPSA) is 83.6 Å². The van der Waals surface area contributed by atoms with Gasteiger partial charge >= 0.3 is 5.97 Å². The molecule has 0 bridgehead atoms. The highest BCUT2D eigenvalue weighted by molar-refractivity contribution is 5.85. The summed E-state index contributed by atoms with van der Waals surface area (Å²) in [4.78, 5) is 24.2. The molecule has 0 spiro atoms. The Balaban J connectivity index is 2.53. The molecular formula is C15H22N2O3. The van der Waals surface area contributed by atoms with Gasteiger partial charge in [0.2, 0.25) is 5.91 Å². The van der Waals surface area contributed by atoms with Crippen molar-refractivity contribution in [1.29, 1.82) is 0 Å². The molecule has 0 aromatic heterocycles. The third kappa shape index (κ3) is 5.40. The Morgan fingerprint density at radius 1 is 1.30 bits per heavy atom. The zero-order valence-electron chi connectivity index (χ0n) is 11.8. The van der Waals surface area contributed by atoms with Gasteiger partial charge in [-0.05, 0) is 24.8 Å². The Hall–Kier alpha value is -1.88. The van der Waals surface area contributed by atoms with Crippen LogP contribution in [0.1, 0.15) is 25.3 Å². The van der Waals surface area contributed by atoms with Gasteiger partial charge in [-0.1, -0.05) is 37.3 Å². The van der Waals surface area contributed by atoms with Crippen molar-refractivity contribution in [2.45, 2.75) is 32.2 Å². The fraction of sp³-hybridized carbons (Fsp3) is 0.467. The highest BCUT2D eigenvalue weighted by Crippen LogP contribution is 2.06. The normalized spacial score (nSPS) is 11.9. The number of nitrogens with two attached hydrogens (primary N) is 1. The first-order valence-electron chi connectivity index (χ1n) is 6.84. The molecule has 1 amide bonds. The molecule has 1 aromatic rings. The first-order valence-corrected chi connectivity index (χ1v) is 6.84. The number of amides is 1. The predicted octanol–water partition coefficient (Wildman–Crippen LogP) is 1.27. The second-order valence-electron chi connectivity index (χ2n) is 4.78. The molecule has 1 rings (SSSR count). The molecule has 0 fully saturated rings. The summed E-state index contributed by atoms with van der Waals surface area (Å²) in [6.07, 6.45) is 1.94. The Morgan fingerprint density at radius 3 is 2.50 bits per heavy atom. The Labute approximate surface area is 119 Å². The van der Waals surface area contributed by atoms with Gasteiger partial charge in [0.05, 0.1) is 6.04 Å². The number of aliphatic carboxylic acids is 1. The van der Waals surface area contributed by atoms with Gasteiger partial charge in [-0.3, -0.25) is 9.59 Å². The smallest absolute Gasteiger partial charge is 0.323 e. The van der Waals surface area contributed by atoms with Crippen molar-refractivity contribution in [2.75, 3.05) is 13.1 Å². The highest BCUT2D eigenvalue weighted by atomic mass is 16.4. The van der Waals surface area contributed by atoms with E-state index in [0.29, 0.717) is 25.8 Å². The summed E-state index contributed by atoms with van der Waals surface area (Å²) in [5.41, 5.74) is 7.01.